The van der Waals surface area contributed by atoms with Crippen LogP contribution in [-0.4, -0.2) is 27.1 Å². The standard InChI is InChI=1S/C13H7ClF2N2O5/c14-9-4(1-3(15)2-5(9)16)6-7(12(20)21)10(17)18-11(19)8(6)13(22)23/h1-2H,(H,20,21)(H,22,23)(H3,17,18,19). The van der Waals surface area contributed by atoms with Crippen LogP contribution < -0.4 is 11.3 Å². The summed E-state index contributed by atoms with van der Waals surface area (Å²) in [7, 11) is 0. The lowest BCUT2D eigenvalue weighted by Gasteiger charge is -2.13. The van der Waals surface area contributed by atoms with Crippen LogP contribution in [0.1, 0.15) is 20.7 Å². The van der Waals surface area contributed by atoms with Crippen LogP contribution in [0, 0.1) is 11.6 Å². The normalized spacial score (nSPS) is 10.6. The van der Waals surface area contributed by atoms with E-state index >= 15 is 0 Å². The van der Waals surface area contributed by atoms with E-state index in [0.29, 0.717) is 12.1 Å². The summed E-state index contributed by atoms with van der Waals surface area (Å²) in [6, 6.07) is 1.03. The fourth-order valence-corrected chi connectivity index (χ4v) is 2.26. The highest BCUT2D eigenvalue weighted by molar-refractivity contribution is 6.34. The average Bonchev–Trinajstić information content (AvgIpc) is 2.40. The number of carbonyl (C=O) groups is 2. The number of nitrogens with one attached hydrogen (secondary N) is 1. The number of nitrogens with two attached hydrogens (primary N) is 1. The van der Waals surface area contributed by atoms with Crippen molar-refractivity contribution in [3.05, 3.63) is 50.3 Å². The first-order valence-corrected chi connectivity index (χ1v) is 6.20. The van der Waals surface area contributed by atoms with E-state index < -0.39 is 62.2 Å². The van der Waals surface area contributed by atoms with Gasteiger partial charge in [-0.25, -0.2) is 18.4 Å². The number of carboxylic acids is 2. The van der Waals surface area contributed by atoms with E-state index in [1.807, 2.05) is 4.98 Å². The van der Waals surface area contributed by atoms with Crippen molar-refractivity contribution in [1.82, 2.24) is 4.98 Å². The minimum atomic E-state index is -1.82. The molecule has 0 aliphatic rings. The number of aromatic amines is 1. The van der Waals surface area contributed by atoms with E-state index in [2.05, 4.69) is 0 Å². The molecule has 0 spiro atoms. The van der Waals surface area contributed by atoms with Crippen LogP contribution >= 0.6 is 11.6 Å². The lowest BCUT2D eigenvalue weighted by molar-refractivity contribution is 0.0695. The SMILES string of the molecule is Nc1[nH]c(=O)c(C(=O)O)c(-c2cc(F)cc(F)c2Cl)c1C(=O)O. The number of hydrogen-bond donors (Lipinski definition) is 4. The van der Waals surface area contributed by atoms with Gasteiger partial charge in [0.05, 0.1) is 5.02 Å². The number of carboxylic acid groups (broad SMARTS) is 2. The monoisotopic (exact) mass is 344 g/mol. The van der Waals surface area contributed by atoms with E-state index in [0.717, 1.165) is 0 Å². The smallest absolute Gasteiger partial charge is 0.342 e. The molecule has 1 heterocycles. The molecule has 23 heavy (non-hydrogen) atoms. The number of anilines is 1. The number of halogens is 3. The number of aromatic carboxylic acids is 2. The molecule has 0 amide bonds. The van der Waals surface area contributed by atoms with Crippen LogP contribution in [0.5, 0.6) is 0 Å². The minimum absolute atomic E-state index is 0.420. The molecular formula is C13H7ClF2N2O5. The van der Waals surface area contributed by atoms with Crippen molar-refractivity contribution < 1.29 is 28.6 Å². The molecule has 0 aliphatic heterocycles. The molecule has 2 aromatic rings. The molecule has 5 N–H and O–H groups in total. The molecule has 10 heteroatoms. The van der Waals surface area contributed by atoms with Gasteiger partial charge in [-0.2, -0.15) is 0 Å². The molecule has 2 rings (SSSR count). The molecule has 0 bridgehead atoms. The largest absolute Gasteiger partial charge is 0.478 e. The third-order valence-electron chi connectivity index (χ3n) is 2.93. The molecule has 1 aromatic carbocycles. The van der Waals surface area contributed by atoms with Crippen molar-refractivity contribution in [3.63, 3.8) is 0 Å². The van der Waals surface area contributed by atoms with Crippen LogP contribution in [0.4, 0.5) is 14.6 Å². The molecule has 120 valence electrons. The van der Waals surface area contributed by atoms with Gasteiger partial charge in [-0.1, -0.05) is 11.6 Å². The fourth-order valence-electron chi connectivity index (χ4n) is 2.05. The summed E-state index contributed by atoms with van der Waals surface area (Å²) in [6.07, 6.45) is 0. The van der Waals surface area contributed by atoms with Gasteiger partial charge in [-0.05, 0) is 6.07 Å². The van der Waals surface area contributed by atoms with Crippen molar-refractivity contribution >= 4 is 29.4 Å². The Morgan fingerprint density at radius 3 is 2.22 bits per heavy atom. The Hall–Kier alpha value is -2.94. The zero-order chi connectivity index (χ0) is 17.5. The zero-order valence-electron chi connectivity index (χ0n) is 11.0. The number of pyridine rings is 1. The number of aromatic nitrogens is 1. The summed E-state index contributed by atoms with van der Waals surface area (Å²) in [5.41, 5.74) is 0.868. The number of benzene rings is 1. The number of nitrogen functional groups attached to an aromatic ring is 1. The highest BCUT2D eigenvalue weighted by Crippen LogP contribution is 2.36. The highest BCUT2D eigenvalue weighted by Gasteiger charge is 2.28. The first-order chi connectivity index (χ1) is 10.6. The molecule has 0 atom stereocenters. The third-order valence-corrected chi connectivity index (χ3v) is 3.32. The van der Waals surface area contributed by atoms with Gasteiger partial charge in [0.15, 0.2) is 0 Å². The number of H-pyrrole nitrogens is 1. The first kappa shape index (κ1) is 16.4. The molecule has 0 unspecified atom stereocenters. The van der Waals surface area contributed by atoms with Gasteiger partial charge in [0, 0.05) is 17.2 Å². The van der Waals surface area contributed by atoms with E-state index in [1.165, 1.54) is 0 Å². The molecule has 0 aliphatic carbocycles. The average molecular weight is 345 g/mol. The molecule has 7 nitrogen and oxygen atoms in total. The van der Waals surface area contributed by atoms with Crippen molar-refractivity contribution in [1.29, 1.82) is 0 Å². The minimum Gasteiger partial charge on any atom is -0.478 e. The van der Waals surface area contributed by atoms with Crippen LogP contribution in [-0.2, 0) is 0 Å². The lowest BCUT2D eigenvalue weighted by Crippen LogP contribution is -2.24. The summed E-state index contributed by atoms with van der Waals surface area (Å²) >= 11 is 5.68. The molecule has 0 radical (unpaired) electrons. The van der Waals surface area contributed by atoms with Gasteiger partial charge in [-0.3, -0.25) is 4.79 Å². The Morgan fingerprint density at radius 1 is 1.13 bits per heavy atom. The summed E-state index contributed by atoms with van der Waals surface area (Å²) in [5.74, 6) is -6.61. The predicted molar refractivity (Wildman–Crippen MR) is 75.8 cm³/mol. The van der Waals surface area contributed by atoms with E-state index in [9.17, 15) is 28.3 Å². The van der Waals surface area contributed by atoms with Crippen LogP contribution in [0.2, 0.25) is 5.02 Å². The van der Waals surface area contributed by atoms with Gasteiger partial charge < -0.3 is 20.9 Å². The molecule has 0 saturated carbocycles. The van der Waals surface area contributed by atoms with Crippen molar-refractivity contribution in [3.8, 4) is 11.1 Å². The second-order valence-corrected chi connectivity index (χ2v) is 4.73. The maximum Gasteiger partial charge on any atom is 0.342 e. The first-order valence-electron chi connectivity index (χ1n) is 5.82. The van der Waals surface area contributed by atoms with Crippen LogP contribution in [0.3, 0.4) is 0 Å². The van der Waals surface area contributed by atoms with E-state index in [4.69, 9.17) is 22.4 Å². The maximum atomic E-state index is 13.6. The maximum absolute atomic E-state index is 13.6. The Morgan fingerprint density at radius 2 is 1.70 bits per heavy atom. The second-order valence-electron chi connectivity index (χ2n) is 4.35. The number of hydrogen-bond acceptors (Lipinski definition) is 4. The van der Waals surface area contributed by atoms with Gasteiger partial charge in [0.2, 0.25) is 0 Å². The van der Waals surface area contributed by atoms with Gasteiger partial charge in [-0.15, -0.1) is 0 Å². The highest BCUT2D eigenvalue weighted by atomic mass is 35.5. The summed E-state index contributed by atoms with van der Waals surface area (Å²) < 4.78 is 27.1. The Kier molecular flexibility index (Phi) is 4.06. The third kappa shape index (κ3) is 2.73. The summed E-state index contributed by atoms with van der Waals surface area (Å²) in [6.45, 7) is 0. The lowest BCUT2D eigenvalue weighted by atomic mass is 9.95. The summed E-state index contributed by atoms with van der Waals surface area (Å²) in [4.78, 5) is 36.3. The number of rotatable bonds is 3. The topological polar surface area (TPSA) is 133 Å². The Labute approximate surface area is 130 Å². The fraction of sp³-hybridized carbons (Fsp3) is 0. The van der Waals surface area contributed by atoms with Crippen LogP contribution in [0.15, 0.2) is 16.9 Å². The quantitative estimate of drug-likeness (QED) is 0.629. The van der Waals surface area contributed by atoms with Gasteiger partial charge in [0.25, 0.3) is 5.56 Å². The van der Waals surface area contributed by atoms with E-state index in [1.54, 1.807) is 0 Å². The second kappa shape index (κ2) is 5.69. The van der Waals surface area contributed by atoms with Crippen LogP contribution in [0.25, 0.3) is 11.1 Å². The Bertz CT molecular complexity index is 910. The molecule has 0 saturated heterocycles. The van der Waals surface area contributed by atoms with Crippen molar-refractivity contribution in [2.45, 2.75) is 0 Å². The summed E-state index contributed by atoms with van der Waals surface area (Å²) in [5, 5.41) is 17.6. The Balaban J connectivity index is 3.10. The molecule has 1 aromatic heterocycles. The van der Waals surface area contributed by atoms with Crippen molar-refractivity contribution in [2.24, 2.45) is 0 Å². The molecular weight excluding hydrogens is 338 g/mol. The van der Waals surface area contributed by atoms with E-state index in [-0.39, 0.29) is 0 Å². The van der Waals surface area contributed by atoms with Gasteiger partial charge in [0.1, 0.15) is 28.6 Å². The zero-order valence-corrected chi connectivity index (χ0v) is 11.7. The van der Waals surface area contributed by atoms with Crippen molar-refractivity contribution in [2.75, 3.05) is 5.73 Å². The molecule has 0 fully saturated rings. The predicted octanol–water partition coefficient (Wildman–Crippen LogP) is 1.95. The van der Waals surface area contributed by atoms with Gasteiger partial charge >= 0.3 is 11.9 Å².